The molecule has 3 rings (SSSR count). The van der Waals surface area contributed by atoms with E-state index in [9.17, 15) is 13.2 Å². The highest BCUT2D eigenvalue weighted by molar-refractivity contribution is 4.97. The van der Waals surface area contributed by atoms with Crippen LogP contribution in [0.3, 0.4) is 0 Å². The fourth-order valence-corrected chi connectivity index (χ4v) is 5.18. The Bertz CT molecular complexity index is 360. The first-order valence-electron chi connectivity index (χ1n) is 9.29. The maximum Gasteiger partial charge on any atom is 0.391 e. The van der Waals surface area contributed by atoms with E-state index in [1.807, 2.05) is 0 Å². The van der Waals surface area contributed by atoms with Gasteiger partial charge in [0.2, 0.25) is 0 Å². The zero-order chi connectivity index (χ0) is 15.6. The van der Waals surface area contributed by atoms with Gasteiger partial charge in [-0.15, -0.1) is 0 Å². The molecular formula is C18H30F3N. The van der Waals surface area contributed by atoms with Gasteiger partial charge in [-0.05, 0) is 50.5 Å². The molecule has 0 bridgehead atoms. The molecular weight excluding hydrogens is 287 g/mol. The quantitative estimate of drug-likeness (QED) is 0.613. The van der Waals surface area contributed by atoms with Gasteiger partial charge in [0, 0.05) is 12.6 Å². The van der Waals surface area contributed by atoms with E-state index in [4.69, 9.17) is 0 Å². The van der Waals surface area contributed by atoms with Gasteiger partial charge in [-0.25, -0.2) is 0 Å². The standard InChI is InChI=1S/C18H30F3N/c19-18(20,21)15-7-6-10-17(13-15)11-12-22(14-17)16-8-4-2-1-3-5-9-16/h15-16H,1-14H2/t15-,17+/m1/s1. The second-order valence-corrected chi connectivity index (χ2v) is 8.05. The Morgan fingerprint density at radius 1 is 0.818 bits per heavy atom. The van der Waals surface area contributed by atoms with Gasteiger partial charge in [-0.3, -0.25) is 4.90 Å². The summed E-state index contributed by atoms with van der Waals surface area (Å²) >= 11 is 0. The molecule has 128 valence electrons. The van der Waals surface area contributed by atoms with Gasteiger partial charge in [0.25, 0.3) is 0 Å². The lowest BCUT2D eigenvalue weighted by Crippen LogP contribution is -2.40. The summed E-state index contributed by atoms with van der Waals surface area (Å²) in [6.45, 7) is 1.97. The van der Waals surface area contributed by atoms with E-state index in [-0.39, 0.29) is 5.41 Å². The molecule has 22 heavy (non-hydrogen) atoms. The van der Waals surface area contributed by atoms with E-state index in [1.165, 1.54) is 44.9 Å². The summed E-state index contributed by atoms with van der Waals surface area (Å²) in [6.07, 6.45) is 8.72. The molecule has 0 N–H and O–H groups in total. The number of nitrogens with zero attached hydrogens (tertiary/aromatic N) is 1. The maximum atomic E-state index is 13.1. The van der Waals surface area contributed by atoms with Gasteiger partial charge in [0.05, 0.1) is 5.92 Å². The van der Waals surface area contributed by atoms with Crippen molar-refractivity contribution in [3.05, 3.63) is 0 Å². The molecule has 1 spiro atoms. The predicted octanol–water partition coefficient (Wildman–Crippen LogP) is 5.54. The van der Waals surface area contributed by atoms with Crippen LogP contribution in [0, 0.1) is 11.3 Å². The monoisotopic (exact) mass is 317 g/mol. The summed E-state index contributed by atoms with van der Waals surface area (Å²) in [7, 11) is 0. The summed E-state index contributed by atoms with van der Waals surface area (Å²) in [4.78, 5) is 2.56. The maximum absolute atomic E-state index is 13.1. The van der Waals surface area contributed by atoms with Gasteiger partial charge < -0.3 is 0 Å². The topological polar surface area (TPSA) is 3.24 Å². The van der Waals surface area contributed by atoms with E-state index >= 15 is 0 Å². The van der Waals surface area contributed by atoms with E-state index in [2.05, 4.69) is 4.90 Å². The summed E-state index contributed by atoms with van der Waals surface area (Å²) < 4.78 is 39.3. The molecule has 1 aliphatic heterocycles. The fraction of sp³-hybridized carbons (Fsp3) is 1.00. The minimum Gasteiger partial charge on any atom is -0.300 e. The van der Waals surface area contributed by atoms with Gasteiger partial charge >= 0.3 is 6.18 Å². The zero-order valence-electron chi connectivity index (χ0n) is 13.6. The molecule has 3 fully saturated rings. The van der Waals surface area contributed by atoms with E-state index < -0.39 is 12.1 Å². The van der Waals surface area contributed by atoms with Crippen molar-refractivity contribution in [2.75, 3.05) is 13.1 Å². The van der Waals surface area contributed by atoms with Crippen molar-refractivity contribution in [1.82, 2.24) is 4.90 Å². The van der Waals surface area contributed by atoms with Crippen molar-refractivity contribution in [3.8, 4) is 0 Å². The van der Waals surface area contributed by atoms with Crippen LogP contribution in [0.4, 0.5) is 13.2 Å². The number of halogens is 3. The van der Waals surface area contributed by atoms with Crippen LogP contribution in [0.5, 0.6) is 0 Å². The number of rotatable bonds is 1. The Labute approximate surface area is 132 Å². The Hall–Kier alpha value is -0.250. The lowest BCUT2D eigenvalue weighted by Gasteiger charge is -2.40. The van der Waals surface area contributed by atoms with Crippen LogP contribution >= 0.6 is 0 Å². The Balaban J connectivity index is 1.60. The summed E-state index contributed by atoms with van der Waals surface area (Å²) in [6, 6.07) is 0.644. The van der Waals surface area contributed by atoms with Crippen molar-refractivity contribution in [1.29, 1.82) is 0 Å². The van der Waals surface area contributed by atoms with E-state index in [1.54, 1.807) is 0 Å². The molecule has 1 saturated heterocycles. The third kappa shape index (κ3) is 3.80. The predicted molar refractivity (Wildman–Crippen MR) is 82.7 cm³/mol. The number of hydrogen-bond acceptors (Lipinski definition) is 1. The summed E-state index contributed by atoms with van der Waals surface area (Å²) in [5.41, 5.74) is -0.0270. The fourth-order valence-electron chi connectivity index (χ4n) is 5.18. The van der Waals surface area contributed by atoms with Gasteiger partial charge in [0.1, 0.15) is 0 Å². The molecule has 0 aromatic carbocycles. The highest BCUT2D eigenvalue weighted by atomic mass is 19.4. The molecule has 0 radical (unpaired) electrons. The highest BCUT2D eigenvalue weighted by Gasteiger charge is 2.50. The van der Waals surface area contributed by atoms with Crippen molar-refractivity contribution < 1.29 is 13.2 Å². The molecule has 1 nitrogen and oxygen atoms in total. The molecule has 4 heteroatoms. The molecule has 0 aromatic rings. The van der Waals surface area contributed by atoms with Gasteiger partial charge in [0.15, 0.2) is 0 Å². The van der Waals surface area contributed by atoms with Crippen molar-refractivity contribution >= 4 is 0 Å². The Morgan fingerprint density at radius 2 is 1.50 bits per heavy atom. The van der Waals surface area contributed by atoms with Crippen LogP contribution in [0.15, 0.2) is 0 Å². The molecule has 0 amide bonds. The lowest BCUT2D eigenvalue weighted by atomic mass is 9.69. The molecule has 3 aliphatic rings. The first-order valence-corrected chi connectivity index (χ1v) is 9.29. The normalized spacial score (nSPS) is 36.4. The second-order valence-electron chi connectivity index (χ2n) is 8.05. The third-order valence-corrected chi connectivity index (χ3v) is 6.46. The highest BCUT2D eigenvalue weighted by Crippen LogP contribution is 2.50. The van der Waals surface area contributed by atoms with Crippen LogP contribution < -0.4 is 0 Å². The first-order chi connectivity index (χ1) is 10.5. The van der Waals surface area contributed by atoms with Crippen LogP contribution in [-0.2, 0) is 0 Å². The zero-order valence-corrected chi connectivity index (χ0v) is 13.6. The van der Waals surface area contributed by atoms with E-state index in [0.717, 1.165) is 32.4 Å². The van der Waals surface area contributed by atoms with Crippen LogP contribution in [0.25, 0.3) is 0 Å². The molecule has 2 saturated carbocycles. The van der Waals surface area contributed by atoms with Crippen molar-refractivity contribution in [2.24, 2.45) is 11.3 Å². The Morgan fingerprint density at radius 3 is 2.18 bits per heavy atom. The van der Waals surface area contributed by atoms with E-state index in [0.29, 0.717) is 18.9 Å². The molecule has 2 aliphatic carbocycles. The SMILES string of the molecule is FC(F)(F)[C@@H]1CCC[C@]2(CCN(C3CCCCCCC3)C2)C1. The average Bonchev–Trinajstić information content (AvgIpc) is 2.81. The minimum atomic E-state index is -3.99. The minimum absolute atomic E-state index is 0.0270. The van der Waals surface area contributed by atoms with Gasteiger partial charge in [-0.1, -0.05) is 38.5 Å². The Kier molecular flexibility index (Phi) is 5.06. The second kappa shape index (κ2) is 6.70. The number of alkyl halides is 3. The molecule has 2 atom stereocenters. The van der Waals surface area contributed by atoms with Crippen molar-refractivity contribution in [2.45, 2.75) is 89.3 Å². The molecule has 0 unspecified atom stereocenters. The summed E-state index contributed by atoms with van der Waals surface area (Å²) in [5.74, 6) is -1.04. The first kappa shape index (κ1) is 16.6. The molecule has 1 heterocycles. The summed E-state index contributed by atoms with van der Waals surface area (Å²) in [5, 5.41) is 0. The van der Waals surface area contributed by atoms with Crippen LogP contribution in [0.1, 0.15) is 77.0 Å². The lowest BCUT2D eigenvalue weighted by molar-refractivity contribution is -0.191. The average molecular weight is 317 g/mol. The van der Waals surface area contributed by atoms with Crippen LogP contribution in [0.2, 0.25) is 0 Å². The number of hydrogen-bond donors (Lipinski definition) is 0. The number of likely N-dealkylation sites (tertiary alicyclic amines) is 1. The van der Waals surface area contributed by atoms with Gasteiger partial charge in [-0.2, -0.15) is 13.2 Å². The molecule has 0 aromatic heterocycles. The largest absolute Gasteiger partial charge is 0.391 e. The smallest absolute Gasteiger partial charge is 0.300 e. The van der Waals surface area contributed by atoms with Crippen LogP contribution in [-0.4, -0.2) is 30.2 Å². The van der Waals surface area contributed by atoms with Crippen molar-refractivity contribution in [3.63, 3.8) is 0 Å². The third-order valence-electron chi connectivity index (χ3n) is 6.46.